The molecule has 62 valence electrons. The molecule has 0 N–H and O–H groups in total. The normalized spacial score (nSPS) is 10.8. The minimum absolute atomic E-state index is 0.682. The van der Waals surface area contributed by atoms with Crippen molar-refractivity contribution < 1.29 is 0 Å². The van der Waals surface area contributed by atoms with Crippen LogP contribution >= 0.6 is 22.9 Å². The van der Waals surface area contributed by atoms with E-state index in [-0.39, 0.29) is 0 Å². The van der Waals surface area contributed by atoms with Gasteiger partial charge in [0.25, 0.3) is 0 Å². The lowest BCUT2D eigenvalue weighted by Gasteiger charge is -2.11. The molecule has 0 aromatic carbocycles. The first-order valence-corrected chi connectivity index (χ1v) is 4.87. The van der Waals surface area contributed by atoms with Crippen molar-refractivity contribution in [2.75, 3.05) is 19.5 Å². The molecule has 0 unspecified atom stereocenters. The Morgan fingerprint density at radius 1 is 1.73 bits per heavy atom. The van der Waals surface area contributed by atoms with Crippen LogP contribution in [-0.2, 0) is 6.54 Å². The van der Waals surface area contributed by atoms with Crippen LogP contribution in [0.1, 0.15) is 5.01 Å². The van der Waals surface area contributed by atoms with Crippen molar-refractivity contribution in [1.82, 2.24) is 9.88 Å². The highest BCUT2D eigenvalue weighted by atomic mass is 35.5. The molecule has 0 atom stereocenters. The first-order chi connectivity index (χ1) is 5.33. The second-order valence-corrected chi connectivity index (χ2v) is 3.71. The van der Waals surface area contributed by atoms with Gasteiger partial charge in [-0.05, 0) is 7.05 Å². The Bertz CT molecular complexity index is 188. The van der Waals surface area contributed by atoms with Crippen LogP contribution in [0.5, 0.6) is 0 Å². The summed E-state index contributed by atoms with van der Waals surface area (Å²) >= 11 is 7.26. The number of aromatic nitrogens is 1. The summed E-state index contributed by atoms with van der Waals surface area (Å²) in [5, 5.41) is 3.14. The highest BCUT2D eigenvalue weighted by Crippen LogP contribution is 2.06. The summed E-state index contributed by atoms with van der Waals surface area (Å²) < 4.78 is 0. The lowest BCUT2D eigenvalue weighted by Crippen LogP contribution is -2.19. The molecule has 0 bridgehead atoms. The van der Waals surface area contributed by atoms with Crippen molar-refractivity contribution in [3.63, 3.8) is 0 Å². The molecule has 0 radical (unpaired) electrons. The fourth-order valence-electron chi connectivity index (χ4n) is 0.785. The molecule has 4 heteroatoms. The highest BCUT2D eigenvalue weighted by molar-refractivity contribution is 7.09. The van der Waals surface area contributed by atoms with E-state index in [0.29, 0.717) is 5.88 Å². The average Bonchev–Trinajstić information content (AvgIpc) is 2.40. The molecule has 0 spiro atoms. The summed E-state index contributed by atoms with van der Waals surface area (Å²) in [6.07, 6.45) is 1.83. The highest BCUT2D eigenvalue weighted by Gasteiger charge is 1.99. The van der Waals surface area contributed by atoms with E-state index in [4.69, 9.17) is 11.6 Å². The molecule has 0 amide bonds. The summed E-state index contributed by atoms with van der Waals surface area (Å²) in [5.41, 5.74) is 0. The summed E-state index contributed by atoms with van der Waals surface area (Å²) in [4.78, 5) is 6.33. The second-order valence-electron chi connectivity index (χ2n) is 2.35. The van der Waals surface area contributed by atoms with Crippen molar-refractivity contribution in [1.29, 1.82) is 0 Å². The first-order valence-electron chi connectivity index (χ1n) is 3.46. The van der Waals surface area contributed by atoms with Gasteiger partial charge in [0, 0.05) is 24.0 Å². The van der Waals surface area contributed by atoms with E-state index in [9.17, 15) is 0 Å². The number of halogens is 1. The van der Waals surface area contributed by atoms with Crippen LogP contribution in [0.15, 0.2) is 11.6 Å². The molecule has 1 rings (SSSR count). The van der Waals surface area contributed by atoms with Gasteiger partial charge in [-0.3, -0.25) is 4.90 Å². The van der Waals surface area contributed by atoms with E-state index in [2.05, 4.69) is 9.88 Å². The molecule has 0 saturated heterocycles. The maximum absolute atomic E-state index is 5.58. The van der Waals surface area contributed by atoms with Gasteiger partial charge in [-0.2, -0.15) is 0 Å². The maximum atomic E-state index is 5.58. The van der Waals surface area contributed by atoms with Gasteiger partial charge in [0.1, 0.15) is 5.01 Å². The predicted octanol–water partition coefficient (Wildman–Crippen LogP) is 1.81. The number of nitrogens with zero attached hydrogens (tertiary/aromatic N) is 2. The molecule has 1 aromatic heterocycles. The Morgan fingerprint density at radius 3 is 3.09 bits per heavy atom. The Balaban J connectivity index is 2.31. The third kappa shape index (κ3) is 3.18. The van der Waals surface area contributed by atoms with Gasteiger partial charge < -0.3 is 0 Å². The third-order valence-corrected chi connectivity index (χ3v) is 2.29. The molecule has 11 heavy (non-hydrogen) atoms. The molecule has 0 aliphatic carbocycles. The van der Waals surface area contributed by atoms with Gasteiger partial charge >= 0.3 is 0 Å². The smallest absolute Gasteiger partial charge is 0.107 e. The maximum Gasteiger partial charge on any atom is 0.107 e. The van der Waals surface area contributed by atoms with E-state index in [1.165, 1.54) is 0 Å². The molecule has 1 aromatic rings. The van der Waals surface area contributed by atoms with Gasteiger partial charge in [0.15, 0.2) is 0 Å². The molecule has 1 heterocycles. The lowest BCUT2D eigenvalue weighted by molar-refractivity contribution is 0.347. The molecule has 0 fully saturated rings. The first kappa shape index (κ1) is 8.97. The summed E-state index contributed by atoms with van der Waals surface area (Å²) in [7, 11) is 2.05. The van der Waals surface area contributed by atoms with Crippen molar-refractivity contribution >= 4 is 22.9 Å². The second kappa shape index (κ2) is 4.70. The van der Waals surface area contributed by atoms with Crippen LogP contribution in [0.4, 0.5) is 0 Å². The van der Waals surface area contributed by atoms with Crippen molar-refractivity contribution in [2.24, 2.45) is 0 Å². The van der Waals surface area contributed by atoms with E-state index < -0.39 is 0 Å². The SMILES string of the molecule is CN(CCCl)Cc1nccs1. The van der Waals surface area contributed by atoms with Crippen LogP contribution in [0.3, 0.4) is 0 Å². The standard InChI is InChI=1S/C7H11ClN2S/c1-10(4-2-8)6-7-9-3-5-11-7/h3,5H,2,4,6H2,1H3. The van der Waals surface area contributed by atoms with Crippen LogP contribution in [0, 0.1) is 0 Å². The van der Waals surface area contributed by atoms with Gasteiger partial charge in [0.2, 0.25) is 0 Å². The van der Waals surface area contributed by atoms with E-state index in [0.717, 1.165) is 18.1 Å². The summed E-state index contributed by atoms with van der Waals surface area (Å²) in [5.74, 6) is 0.682. The van der Waals surface area contributed by atoms with E-state index in [1.54, 1.807) is 11.3 Å². The third-order valence-electron chi connectivity index (χ3n) is 1.35. The quantitative estimate of drug-likeness (QED) is 0.674. The lowest BCUT2D eigenvalue weighted by atomic mass is 10.5. The largest absolute Gasteiger partial charge is 0.299 e. The van der Waals surface area contributed by atoms with Crippen LogP contribution < -0.4 is 0 Å². The summed E-state index contributed by atoms with van der Waals surface area (Å²) in [6.45, 7) is 1.82. The van der Waals surface area contributed by atoms with Gasteiger partial charge in [-0.1, -0.05) is 0 Å². The number of rotatable bonds is 4. The zero-order valence-electron chi connectivity index (χ0n) is 6.46. The van der Waals surface area contributed by atoms with Crippen LogP contribution in [0.25, 0.3) is 0 Å². The minimum atomic E-state index is 0.682. The van der Waals surface area contributed by atoms with Crippen LogP contribution in [-0.4, -0.2) is 29.4 Å². The number of thiazole rings is 1. The van der Waals surface area contributed by atoms with E-state index in [1.807, 2.05) is 18.6 Å². The van der Waals surface area contributed by atoms with E-state index >= 15 is 0 Å². The molecule has 0 aliphatic heterocycles. The Hall–Kier alpha value is -0.120. The number of hydrogen-bond donors (Lipinski definition) is 0. The van der Waals surface area contributed by atoms with Gasteiger partial charge in [0.05, 0.1) is 6.54 Å². The zero-order valence-corrected chi connectivity index (χ0v) is 8.03. The minimum Gasteiger partial charge on any atom is -0.299 e. The summed E-state index contributed by atoms with van der Waals surface area (Å²) in [6, 6.07) is 0. The molecular formula is C7H11ClN2S. The zero-order chi connectivity index (χ0) is 8.10. The predicted molar refractivity (Wildman–Crippen MR) is 49.2 cm³/mol. The molecule has 2 nitrogen and oxygen atoms in total. The number of hydrogen-bond acceptors (Lipinski definition) is 3. The Morgan fingerprint density at radius 2 is 2.55 bits per heavy atom. The monoisotopic (exact) mass is 190 g/mol. The van der Waals surface area contributed by atoms with Gasteiger partial charge in [-0.15, -0.1) is 22.9 Å². The fourth-order valence-corrected chi connectivity index (χ4v) is 1.77. The van der Waals surface area contributed by atoms with Crippen molar-refractivity contribution in [2.45, 2.75) is 6.54 Å². The Labute approximate surface area is 75.8 Å². The average molecular weight is 191 g/mol. The molecular weight excluding hydrogens is 180 g/mol. The van der Waals surface area contributed by atoms with Crippen LogP contribution in [0.2, 0.25) is 0 Å². The fraction of sp³-hybridized carbons (Fsp3) is 0.571. The topological polar surface area (TPSA) is 16.1 Å². The van der Waals surface area contributed by atoms with Gasteiger partial charge in [-0.25, -0.2) is 4.98 Å². The molecule has 0 aliphatic rings. The Kier molecular flexibility index (Phi) is 3.83. The van der Waals surface area contributed by atoms with Crippen molar-refractivity contribution in [3.05, 3.63) is 16.6 Å². The number of alkyl halides is 1. The molecule has 0 saturated carbocycles. The van der Waals surface area contributed by atoms with Crippen molar-refractivity contribution in [3.8, 4) is 0 Å².